The summed E-state index contributed by atoms with van der Waals surface area (Å²) in [6.45, 7) is 0. The van der Waals surface area contributed by atoms with Crippen LogP contribution in [-0.4, -0.2) is 9.91 Å². The minimum Gasteiger partial charge on any atom is -0.384 e. The molecule has 2 rings (SSSR count). The highest BCUT2D eigenvalue weighted by atomic mass is 19.4. The maximum absolute atomic E-state index is 12.9. The van der Waals surface area contributed by atoms with E-state index in [0.29, 0.717) is 12.1 Å². The topological polar surface area (TPSA) is 150 Å². The molecular weight excluding hydrogens is 343 g/mol. The summed E-state index contributed by atoms with van der Waals surface area (Å²) in [6, 6.07) is 4.94. The van der Waals surface area contributed by atoms with E-state index in [2.05, 4.69) is 4.98 Å². The standard InChI is InChI=1S/C14H6F3N5O3/c15-14(16,17)9-2-1-6(3-10(9)22(24)25)11-7(4-18)12(20)21-13(23)8(11)5-19/h1-3H,(H3,20,21,23). The molecule has 0 saturated heterocycles. The van der Waals surface area contributed by atoms with Crippen molar-refractivity contribution in [2.24, 2.45) is 0 Å². The van der Waals surface area contributed by atoms with Crippen LogP contribution in [-0.2, 0) is 6.18 Å². The maximum atomic E-state index is 12.9. The van der Waals surface area contributed by atoms with Gasteiger partial charge in [0.2, 0.25) is 0 Å². The van der Waals surface area contributed by atoms with Crippen molar-refractivity contribution in [3.8, 4) is 23.3 Å². The van der Waals surface area contributed by atoms with E-state index in [0.717, 1.165) is 6.07 Å². The Labute approximate surface area is 136 Å². The Morgan fingerprint density at radius 2 is 1.80 bits per heavy atom. The fourth-order valence-electron chi connectivity index (χ4n) is 2.21. The van der Waals surface area contributed by atoms with Crippen molar-refractivity contribution in [2.75, 3.05) is 5.73 Å². The van der Waals surface area contributed by atoms with E-state index in [9.17, 15) is 28.1 Å². The monoisotopic (exact) mass is 349 g/mol. The molecule has 25 heavy (non-hydrogen) atoms. The van der Waals surface area contributed by atoms with Crippen molar-refractivity contribution in [2.45, 2.75) is 6.18 Å². The van der Waals surface area contributed by atoms with Crippen molar-refractivity contribution < 1.29 is 18.1 Å². The first kappa shape index (κ1) is 17.5. The van der Waals surface area contributed by atoms with Gasteiger partial charge in [-0.05, 0) is 11.6 Å². The minimum absolute atomic E-state index is 0.286. The number of nitrogen functional groups attached to an aromatic ring is 1. The van der Waals surface area contributed by atoms with Gasteiger partial charge >= 0.3 is 6.18 Å². The van der Waals surface area contributed by atoms with Crippen LogP contribution in [0.4, 0.5) is 24.7 Å². The Bertz CT molecular complexity index is 1030. The van der Waals surface area contributed by atoms with Gasteiger partial charge in [-0.25, -0.2) is 0 Å². The first-order valence-electron chi connectivity index (χ1n) is 6.33. The Kier molecular flexibility index (Phi) is 4.18. The van der Waals surface area contributed by atoms with Crippen molar-refractivity contribution in [3.63, 3.8) is 0 Å². The number of aromatic amines is 1. The van der Waals surface area contributed by atoms with E-state index in [-0.39, 0.29) is 16.7 Å². The number of nitro groups is 1. The van der Waals surface area contributed by atoms with Crippen LogP contribution in [0.5, 0.6) is 0 Å². The average Bonchev–Trinajstić information content (AvgIpc) is 2.52. The third-order valence-electron chi connectivity index (χ3n) is 3.26. The molecule has 0 atom stereocenters. The van der Waals surface area contributed by atoms with Gasteiger partial charge in [0.1, 0.15) is 34.6 Å². The minimum atomic E-state index is -4.98. The number of rotatable bonds is 2. The van der Waals surface area contributed by atoms with Gasteiger partial charge in [-0.2, -0.15) is 23.7 Å². The van der Waals surface area contributed by atoms with Crippen molar-refractivity contribution >= 4 is 11.5 Å². The van der Waals surface area contributed by atoms with E-state index in [1.165, 1.54) is 6.07 Å². The van der Waals surface area contributed by atoms with Crippen LogP contribution in [0.15, 0.2) is 23.0 Å². The molecule has 0 aliphatic heterocycles. The number of nitrogens with zero attached hydrogens (tertiary/aromatic N) is 3. The highest BCUT2D eigenvalue weighted by Crippen LogP contribution is 2.39. The molecule has 0 bridgehead atoms. The molecule has 2 aromatic rings. The summed E-state index contributed by atoms with van der Waals surface area (Å²) in [4.78, 5) is 23.6. The van der Waals surface area contributed by atoms with Crippen LogP contribution in [0.2, 0.25) is 0 Å². The zero-order chi connectivity index (χ0) is 18.9. The van der Waals surface area contributed by atoms with Crippen LogP contribution >= 0.6 is 0 Å². The molecule has 0 aliphatic rings. The van der Waals surface area contributed by atoms with E-state index >= 15 is 0 Å². The lowest BCUT2D eigenvalue weighted by Crippen LogP contribution is -2.16. The fourth-order valence-corrected chi connectivity index (χ4v) is 2.21. The van der Waals surface area contributed by atoms with Gasteiger partial charge in [0, 0.05) is 11.6 Å². The summed E-state index contributed by atoms with van der Waals surface area (Å²) in [5.41, 5.74) is 0.0893. The number of benzene rings is 1. The second-order valence-electron chi connectivity index (χ2n) is 4.70. The molecule has 1 aromatic heterocycles. The molecule has 0 saturated carbocycles. The third-order valence-corrected chi connectivity index (χ3v) is 3.26. The summed E-state index contributed by atoms with van der Waals surface area (Å²) < 4.78 is 38.6. The highest BCUT2D eigenvalue weighted by Gasteiger charge is 2.38. The molecule has 8 nitrogen and oxygen atoms in total. The lowest BCUT2D eigenvalue weighted by molar-refractivity contribution is -0.388. The highest BCUT2D eigenvalue weighted by molar-refractivity contribution is 5.81. The molecule has 0 aliphatic carbocycles. The third kappa shape index (κ3) is 2.98. The molecule has 0 fully saturated rings. The molecule has 0 unspecified atom stereocenters. The number of H-pyrrole nitrogens is 1. The number of alkyl halides is 3. The number of hydrogen-bond donors (Lipinski definition) is 2. The van der Waals surface area contributed by atoms with Crippen molar-refractivity contribution in [1.82, 2.24) is 4.98 Å². The number of nitriles is 2. The second-order valence-corrected chi connectivity index (χ2v) is 4.70. The number of pyridine rings is 1. The smallest absolute Gasteiger partial charge is 0.384 e. The lowest BCUT2D eigenvalue weighted by Gasteiger charge is -2.11. The zero-order valence-corrected chi connectivity index (χ0v) is 12.0. The quantitative estimate of drug-likeness (QED) is 0.627. The molecule has 0 spiro atoms. The predicted molar refractivity (Wildman–Crippen MR) is 78.0 cm³/mol. The van der Waals surface area contributed by atoms with Gasteiger partial charge in [-0.3, -0.25) is 14.9 Å². The molecule has 0 amide bonds. The lowest BCUT2D eigenvalue weighted by atomic mass is 9.95. The molecular formula is C14H6F3N5O3. The van der Waals surface area contributed by atoms with Crippen LogP contribution in [0.3, 0.4) is 0 Å². The normalized spacial score (nSPS) is 10.8. The predicted octanol–water partition coefficient (Wildman–Crippen LogP) is 2.29. The number of nitro benzene ring substituents is 1. The largest absolute Gasteiger partial charge is 0.422 e. The average molecular weight is 349 g/mol. The van der Waals surface area contributed by atoms with E-state index < -0.39 is 39.3 Å². The van der Waals surface area contributed by atoms with Gasteiger partial charge in [0.25, 0.3) is 11.2 Å². The van der Waals surface area contributed by atoms with Crippen LogP contribution in [0.1, 0.15) is 16.7 Å². The fraction of sp³-hybridized carbons (Fsp3) is 0.0714. The van der Waals surface area contributed by atoms with E-state index in [4.69, 9.17) is 16.3 Å². The Morgan fingerprint density at radius 1 is 1.20 bits per heavy atom. The van der Waals surface area contributed by atoms with Crippen LogP contribution in [0, 0.1) is 32.8 Å². The summed E-state index contributed by atoms with van der Waals surface area (Å²) in [6.07, 6.45) is -4.98. The summed E-state index contributed by atoms with van der Waals surface area (Å²) in [5, 5.41) is 29.2. The van der Waals surface area contributed by atoms with Gasteiger partial charge in [-0.1, -0.05) is 6.07 Å². The van der Waals surface area contributed by atoms with Gasteiger partial charge in [-0.15, -0.1) is 0 Å². The maximum Gasteiger partial charge on any atom is 0.422 e. The molecule has 126 valence electrons. The summed E-state index contributed by atoms with van der Waals surface area (Å²) >= 11 is 0. The SMILES string of the molecule is N#Cc1c(N)[nH]c(=O)c(C#N)c1-c1ccc(C(F)(F)F)c([N+](=O)[O-])c1. The van der Waals surface area contributed by atoms with Gasteiger partial charge < -0.3 is 10.7 Å². The number of anilines is 1. The number of hydrogen-bond acceptors (Lipinski definition) is 6. The second kappa shape index (κ2) is 5.98. The Morgan fingerprint density at radius 3 is 2.28 bits per heavy atom. The first-order chi connectivity index (χ1) is 11.6. The zero-order valence-electron chi connectivity index (χ0n) is 12.0. The first-order valence-corrected chi connectivity index (χ1v) is 6.33. The van der Waals surface area contributed by atoms with Crippen molar-refractivity contribution in [1.29, 1.82) is 10.5 Å². The van der Waals surface area contributed by atoms with Crippen LogP contribution in [0.25, 0.3) is 11.1 Å². The number of nitrogens with one attached hydrogen (secondary N) is 1. The van der Waals surface area contributed by atoms with E-state index in [1.54, 1.807) is 6.07 Å². The molecule has 1 aromatic carbocycles. The van der Waals surface area contributed by atoms with E-state index in [1.807, 2.05) is 0 Å². The van der Waals surface area contributed by atoms with Gasteiger partial charge in [0.05, 0.1) is 4.92 Å². The number of aromatic nitrogens is 1. The number of nitrogens with two attached hydrogens (primary N) is 1. The van der Waals surface area contributed by atoms with Crippen molar-refractivity contribution in [3.05, 3.63) is 55.4 Å². The van der Waals surface area contributed by atoms with Crippen LogP contribution < -0.4 is 11.3 Å². The molecule has 1 heterocycles. The molecule has 11 heteroatoms. The summed E-state index contributed by atoms with van der Waals surface area (Å²) in [5.74, 6) is -0.413. The summed E-state index contributed by atoms with van der Waals surface area (Å²) in [7, 11) is 0. The Hall–Kier alpha value is -3.86. The Balaban J connectivity index is 2.93. The molecule has 3 N–H and O–H groups in total. The molecule has 0 radical (unpaired) electrons. The van der Waals surface area contributed by atoms with Gasteiger partial charge in [0.15, 0.2) is 0 Å². The number of halogens is 3.